The van der Waals surface area contributed by atoms with E-state index in [-0.39, 0.29) is 30.1 Å². The zero-order valence-corrected chi connectivity index (χ0v) is 22.5. The first-order chi connectivity index (χ1) is 18.2. The first-order valence-electron chi connectivity index (χ1n) is 12.4. The quantitative estimate of drug-likeness (QED) is 0.263. The largest absolute Gasteiger partial charge is 0.493 e. The van der Waals surface area contributed by atoms with Crippen LogP contribution in [0, 0.1) is 12.8 Å². The van der Waals surface area contributed by atoms with Gasteiger partial charge < -0.3 is 25.1 Å². The zero-order chi connectivity index (χ0) is 27.7. The maximum absolute atomic E-state index is 13.0. The van der Waals surface area contributed by atoms with Crippen molar-refractivity contribution in [2.45, 2.75) is 46.2 Å². The van der Waals surface area contributed by atoms with Crippen LogP contribution in [0.4, 0.5) is 0 Å². The van der Waals surface area contributed by atoms with Gasteiger partial charge in [0.15, 0.2) is 17.5 Å². The van der Waals surface area contributed by atoms with E-state index in [1.165, 1.54) is 7.11 Å². The van der Waals surface area contributed by atoms with Crippen molar-refractivity contribution in [1.29, 1.82) is 0 Å². The summed E-state index contributed by atoms with van der Waals surface area (Å²) in [6.45, 7) is 6.26. The van der Waals surface area contributed by atoms with E-state index in [1.54, 1.807) is 31.5 Å². The summed E-state index contributed by atoms with van der Waals surface area (Å²) in [5.41, 5.74) is 8.64. The number of aryl methyl sites for hydroxylation is 1. The van der Waals surface area contributed by atoms with Crippen molar-refractivity contribution in [3.63, 3.8) is 0 Å². The van der Waals surface area contributed by atoms with E-state index in [1.807, 2.05) is 55.8 Å². The van der Waals surface area contributed by atoms with Crippen LogP contribution in [0.15, 0.2) is 59.9 Å². The molecule has 0 saturated heterocycles. The van der Waals surface area contributed by atoms with Crippen molar-refractivity contribution in [1.82, 2.24) is 20.2 Å². The number of imidazole rings is 1. The van der Waals surface area contributed by atoms with Crippen molar-refractivity contribution >= 4 is 17.8 Å². The normalized spacial score (nSPS) is 12.2. The van der Waals surface area contributed by atoms with E-state index >= 15 is 0 Å². The second-order valence-electron chi connectivity index (χ2n) is 9.31. The first kappa shape index (κ1) is 28.2. The average molecular weight is 521 g/mol. The second kappa shape index (κ2) is 13.3. The van der Waals surface area contributed by atoms with Crippen LogP contribution in [-0.2, 0) is 22.6 Å². The molecule has 1 heterocycles. The van der Waals surface area contributed by atoms with E-state index in [0.717, 1.165) is 22.6 Å². The van der Waals surface area contributed by atoms with E-state index in [4.69, 9.17) is 15.2 Å². The van der Waals surface area contributed by atoms with E-state index < -0.39 is 6.04 Å². The van der Waals surface area contributed by atoms with E-state index in [9.17, 15) is 9.59 Å². The molecule has 4 N–H and O–H groups in total. The Kier molecular flexibility index (Phi) is 9.86. The number of methoxy groups -OCH3 is 2. The number of hydrogen-bond acceptors (Lipinski definition) is 6. The van der Waals surface area contributed by atoms with Gasteiger partial charge in [-0.25, -0.2) is 9.98 Å². The summed E-state index contributed by atoms with van der Waals surface area (Å²) in [7, 11) is 3.08. The van der Waals surface area contributed by atoms with Crippen LogP contribution in [0.2, 0.25) is 0 Å². The molecule has 1 aromatic heterocycles. The molecule has 1 unspecified atom stereocenters. The molecule has 3 aromatic rings. The van der Waals surface area contributed by atoms with Crippen LogP contribution in [0.1, 0.15) is 37.2 Å². The van der Waals surface area contributed by atoms with Gasteiger partial charge in [0.05, 0.1) is 20.6 Å². The number of carbonyl (C=O) groups is 2. The Hall–Kier alpha value is -4.34. The number of benzene rings is 2. The second-order valence-corrected chi connectivity index (χ2v) is 9.31. The van der Waals surface area contributed by atoms with Crippen LogP contribution in [0.3, 0.4) is 0 Å². The summed E-state index contributed by atoms with van der Waals surface area (Å²) in [6.07, 6.45) is 4.18. The molecule has 0 bridgehead atoms. The molecule has 2 aromatic carbocycles. The maximum Gasteiger partial charge on any atom is 0.245 e. The molecule has 0 radical (unpaired) electrons. The lowest BCUT2D eigenvalue weighted by Gasteiger charge is -2.17. The van der Waals surface area contributed by atoms with Gasteiger partial charge in [0.1, 0.15) is 11.9 Å². The Bertz CT molecular complexity index is 1280. The Morgan fingerprint density at radius 2 is 1.84 bits per heavy atom. The standard InChI is InChI=1S/C28H36N6O4/c1-18(2)13-23(27(36)31-17-21-7-6-8-22(14-21)34-12-11-30-19(34)3)32-28(29)33-26(35)16-20-9-10-24(37-4)25(15-20)38-5/h6-12,14-15,18,23H,13,16-17H2,1-5H3,(H,31,36)(H3,29,32,33,35). The van der Waals surface area contributed by atoms with Crippen LogP contribution in [0.5, 0.6) is 11.5 Å². The summed E-state index contributed by atoms with van der Waals surface area (Å²) in [4.78, 5) is 34.2. The van der Waals surface area contributed by atoms with Gasteiger partial charge in [-0.1, -0.05) is 32.0 Å². The van der Waals surface area contributed by atoms with Gasteiger partial charge in [0.2, 0.25) is 11.8 Å². The van der Waals surface area contributed by atoms with Crippen LogP contribution < -0.4 is 25.8 Å². The van der Waals surface area contributed by atoms with Crippen molar-refractivity contribution < 1.29 is 19.1 Å². The molecule has 1 atom stereocenters. The van der Waals surface area contributed by atoms with Crippen molar-refractivity contribution in [2.75, 3.05) is 14.2 Å². The van der Waals surface area contributed by atoms with Gasteiger partial charge in [-0.3, -0.25) is 14.9 Å². The maximum atomic E-state index is 13.0. The Morgan fingerprint density at radius 3 is 2.50 bits per heavy atom. The Balaban J connectivity index is 1.63. The van der Waals surface area contributed by atoms with Gasteiger partial charge in [-0.05, 0) is 54.7 Å². The van der Waals surface area contributed by atoms with E-state index in [2.05, 4.69) is 20.6 Å². The number of aromatic nitrogens is 2. The fraction of sp³-hybridized carbons (Fsp3) is 0.357. The highest BCUT2D eigenvalue weighted by Crippen LogP contribution is 2.27. The summed E-state index contributed by atoms with van der Waals surface area (Å²) in [6, 6.07) is 12.3. The predicted octanol–water partition coefficient (Wildman–Crippen LogP) is 2.90. The van der Waals surface area contributed by atoms with Crippen molar-refractivity contribution in [3.8, 4) is 17.2 Å². The highest BCUT2D eigenvalue weighted by molar-refractivity contribution is 5.98. The molecule has 0 aliphatic carbocycles. The third-order valence-corrected chi connectivity index (χ3v) is 5.85. The number of ether oxygens (including phenoxy) is 2. The fourth-order valence-corrected chi connectivity index (χ4v) is 4.00. The molecule has 10 heteroatoms. The predicted molar refractivity (Wildman–Crippen MR) is 146 cm³/mol. The van der Waals surface area contributed by atoms with Gasteiger partial charge in [-0.2, -0.15) is 0 Å². The number of guanidine groups is 1. The molecule has 0 saturated carbocycles. The molecule has 2 amide bonds. The summed E-state index contributed by atoms with van der Waals surface area (Å²) >= 11 is 0. The number of rotatable bonds is 11. The highest BCUT2D eigenvalue weighted by Gasteiger charge is 2.20. The highest BCUT2D eigenvalue weighted by atomic mass is 16.5. The number of carbonyl (C=O) groups excluding carboxylic acids is 2. The third kappa shape index (κ3) is 7.83. The lowest BCUT2D eigenvalue weighted by atomic mass is 10.0. The molecule has 0 spiro atoms. The third-order valence-electron chi connectivity index (χ3n) is 5.85. The van der Waals surface area contributed by atoms with Crippen LogP contribution in [0.25, 0.3) is 5.69 Å². The molecule has 10 nitrogen and oxygen atoms in total. The molecule has 3 rings (SSSR count). The number of aliphatic imine (C=N–C) groups is 1. The molecule has 0 aliphatic heterocycles. The van der Waals surface area contributed by atoms with Crippen LogP contribution in [-0.4, -0.2) is 47.6 Å². The van der Waals surface area contributed by atoms with Gasteiger partial charge in [-0.15, -0.1) is 0 Å². The van der Waals surface area contributed by atoms with Gasteiger partial charge in [0.25, 0.3) is 0 Å². The molecular weight excluding hydrogens is 484 g/mol. The Morgan fingerprint density at radius 1 is 1.08 bits per heavy atom. The number of nitrogens with zero attached hydrogens (tertiary/aromatic N) is 3. The molecule has 202 valence electrons. The number of nitrogens with two attached hydrogens (primary N) is 1. The average Bonchev–Trinajstić information content (AvgIpc) is 3.32. The zero-order valence-electron chi connectivity index (χ0n) is 22.5. The lowest BCUT2D eigenvalue weighted by molar-refractivity contribution is -0.123. The molecule has 38 heavy (non-hydrogen) atoms. The number of hydrogen-bond donors (Lipinski definition) is 3. The first-order valence-corrected chi connectivity index (χ1v) is 12.4. The Labute approximate surface area is 223 Å². The monoisotopic (exact) mass is 520 g/mol. The molecule has 0 fully saturated rings. The summed E-state index contributed by atoms with van der Waals surface area (Å²) in [5, 5.41) is 5.53. The smallest absolute Gasteiger partial charge is 0.245 e. The van der Waals surface area contributed by atoms with Crippen molar-refractivity contribution in [2.24, 2.45) is 16.6 Å². The van der Waals surface area contributed by atoms with E-state index in [0.29, 0.717) is 24.5 Å². The SMILES string of the molecule is COc1ccc(CC(=O)NC(N)=NC(CC(C)C)C(=O)NCc2cccc(-n3ccnc3C)c2)cc1OC. The van der Waals surface area contributed by atoms with Crippen molar-refractivity contribution in [3.05, 3.63) is 71.8 Å². The number of nitrogens with one attached hydrogen (secondary N) is 2. The molecule has 0 aliphatic rings. The fourth-order valence-electron chi connectivity index (χ4n) is 4.00. The molecular formula is C28H36N6O4. The topological polar surface area (TPSA) is 133 Å². The van der Waals surface area contributed by atoms with Gasteiger partial charge >= 0.3 is 0 Å². The minimum atomic E-state index is -0.740. The van der Waals surface area contributed by atoms with Crippen LogP contribution >= 0.6 is 0 Å². The minimum Gasteiger partial charge on any atom is -0.493 e. The minimum absolute atomic E-state index is 0.0599. The van der Waals surface area contributed by atoms with Gasteiger partial charge in [0, 0.05) is 24.6 Å². The lowest BCUT2D eigenvalue weighted by Crippen LogP contribution is -2.41. The summed E-state index contributed by atoms with van der Waals surface area (Å²) < 4.78 is 12.5. The number of amides is 2. The summed E-state index contributed by atoms with van der Waals surface area (Å²) in [5.74, 6) is 1.45.